The minimum absolute atomic E-state index is 0.131. The second kappa shape index (κ2) is 4.85. The first-order chi connectivity index (χ1) is 8.67. The normalized spacial score (nSPS) is 15.9. The van der Waals surface area contributed by atoms with Crippen molar-refractivity contribution in [3.63, 3.8) is 0 Å². The Morgan fingerprint density at radius 3 is 3.00 bits per heavy atom. The van der Waals surface area contributed by atoms with E-state index in [-0.39, 0.29) is 6.73 Å². The van der Waals surface area contributed by atoms with Crippen LogP contribution < -0.4 is 9.47 Å². The number of carboxylic acids is 1. The van der Waals surface area contributed by atoms with E-state index in [0.29, 0.717) is 17.9 Å². The third-order valence-electron chi connectivity index (χ3n) is 2.86. The van der Waals surface area contributed by atoms with Crippen LogP contribution in [0, 0.1) is 0 Å². The Hall–Kier alpha value is -2.40. The van der Waals surface area contributed by atoms with Crippen LogP contribution in [0.25, 0.3) is 10.4 Å². The number of fused-ring (bicyclic) bond motifs is 1. The molecule has 18 heavy (non-hydrogen) atoms. The van der Waals surface area contributed by atoms with E-state index in [4.69, 9.17) is 20.1 Å². The zero-order valence-electron chi connectivity index (χ0n) is 9.66. The summed E-state index contributed by atoms with van der Waals surface area (Å²) in [5.74, 6) is -0.423. The molecule has 7 nitrogen and oxygen atoms in total. The van der Waals surface area contributed by atoms with E-state index < -0.39 is 11.9 Å². The lowest BCUT2D eigenvalue weighted by atomic mass is 9.77. The van der Waals surface area contributed by atoms with Gasteiger partial charge in [-0.05, 0) is 35.2 Å². The molecular weight excluding hydrogens is 238 g/mol. The van der Waals surface area contributed by atoms with Gasteiger partial charge in [-0.3, -0.25) is 4.79 Å². The average Bonchev–Trinajstić information content (AvgIpc) is 2.32. The summed E-state index contributed by atoms with van der Waals surface area (Å²) in [7, 11) is 1.47. The quantitative estimate of drug-likeness (QED) is 0.489. The monoisotopic (exact) mass is 249 g/mol. The van der Waals surface area contributed by atoms with E-state index in [0.717, 1.165) is 11.1 Å². The van der Waals surface area contributed by atoms with E-state index in [1.165, 1.54) is 7.11 Å². The molecule has 1 aliphatic carbocycles. The standard InChI is InChI=1S/C11H11N3O4/c1-17-9-4-7-6(2-8(7)11(15)16)3-10(9)18-5-13-14-12/h3-4,8H,2,5H2,1H3,(H,15,16)/t8-/m0/s1. The number of nitrogens with zero attached hydrogens (tertiary/aromatic N) is 3. The zero-order chi connectivity index (χ0) is 13.1. The van der Waals surface area contributed by atoms with Gasteiger partial charge in [0.25, 0.3) is 0 Å². The molecule has 94 valence electrons. The average molecular weight is 249 g/mol. The van der Waals surface area contributed by atoms with Crippen molar-refractivity contribution in [3.05, 3.63) is 33.7 Å². The molecule has 2 rings (SSSR count). The fourth-order valence-corrected chi connectivity index (χ4v) is 1.93. The van der Waals surface area contributed by atoms with Gasteiger partial charge < -0.3 is 14.6 Å². The van der Waals surface area contributed by atoms with Crippen LogP contribution in [-0.4, -0.2) is 24.9 Å². The van der Waals surface area contributed by atoms with Crippen molar-refractivity contribution in [2.75, 3.05) is 13.8 Å². The van der Waals surface area contributed by atoms with Crippen molar-refractivity contribution in [1.29, 1.82) is 0 Å². The molecule has 0 bridgehead atoms. The van der Waals surface area contributed by atoms with Crippen LogP contribution in [-0.2, 0) is 11.2 Å². The zero-order valence-corrected chi connectivity index (χ0v) is 9.66. The predicted octanol–water partition coefficient (Wildman–Crippen LogP) is 2.07. The molecule has 0 unspecified atom stereocenters. The summed E-state index contributed by atoms with van der Waals surface area (Å²) in [6.45, 7) is -0.131. The number of azide groups is 1. The van der Waals surface area contributed by atoms with E-state index >= 15 is 0 Å². The number of ether oxygens (including phenoxy) is 2. The Kier molecular flexibility index (Phi) is 3.25. The topological polar surface area (TPSA) is 105 Å². The van der Waals surface area contributed by atoms with Gasteiger partial charge in [0.2, 0.25) is 0 Å². The maximum atomic E-state index is 10.9. The first-order valence-corrected chi connectivity index (χ1v) is 5.24. The maximum Gasteiger partial charge on any atom is 0.311 e. The van der Waals surface area contributed by atoms with Gasteiger partial charge in [-0.25, -0.2) is 0 Å². The SMILES string of the molecule is COc1cc2c(cc1OCN=[N+]=[N-])C[C@@H]2C(=O)O. The second-order valence-electron chi connectivity index (χ2n) is 3.80. The lowest BCUT2D eigenvalue weighted by Crippen LogP contribution is -2.25. The number of hydrogen-bond donors (Lipinski definition) is 1. The van der Waals surface area contributed by atoms with Crippen LogP contribution in [0.15, 0.2) is 17.2 Å². The van der Waals surface area contributed by atoms with Gasteiger partial charge in [-0.2, -0.15) is 0 Å². The molecule has 7 heteroatoms. The minimum Gasteiger partial charge on any atom is -0.493 e. The number of carboxylic acid groups (broad SMARTS) is 1. The molecule has 0 aliphatic heterocycles. The Morgan fingerprint density at radius 2 is 2.39 bits per heavy atom. The van der Waals surface area contributed by atoms with Crippen LogP contribution in [0.3, 0.4) is 0 Å². The van der Waals surface area contributed by atoms with Gasteiger partial charge in [-0.15, -0.1) is 0 Å². The summed E-state index contributed by atoms with van der Waals surface area (Å²) in [4.78, 5) is 13.5. The van der Waals surface area contributed by atoms with Crippen LogP contribution in [0.2, 0.25) is 0 Å². The molecule has 1 atom stereocenters. The Bertz CT molecular complexity index is 537. The van der Waals surface area contributed by atoms with Gasteiger partial charge in [0.15, 0.2) is 18.2 Å². The second-order valence-corrected chi connectivity index (χ2v) is 3.80. The number of carbonyl (C=O) groups is 1. The molecule has 1 aromatic carbocycles. The van der Waals surface area contributed by atoms with Crippen LogP contribution in [0.5, 0.6) is 11.5 Å². The number of rotatable bonds is 5. The Morgan fingerprint density at radius 1 is 1.61 bits per heavy atom. The first kappa shape index (κ1) is 12.1. The van der Waals surface area contributed by atoms with Crippen molar-refractivity contribution in [1.82, 2.24) is 0 Å². The molecule has 0 saturated carbocycles. The van der Waals surface area contributed by atoms with Crippen LogP contribution in [0.1, 0.15) is 17.0 Å². The predicted molar refractivity (Wildman–Crippen MR) is 61.7 cm³/mol. The lowest BCUT2D eigenvalue weighted by Gasteiger charge is -2.28. The highest BCUT2D eigenvalue weighted by Crippen LogP contribution is 2.42. The van der Waals surface area contributed by atoms with Crippen LogP contribution in [0.4, 0.5) is 0 Å². The third kappa shape index (κ3) is 2.03. The summed E-state index contributed by atoms with van der Waals surface area (Å²) in [5.41, 5.74) is 9.82. The minimum atomic E-state index is -0.840. The molecule has 1 aliphatic rings. The molecule has 0 amide bonds. The smallest absolute Gasteiger partial charge is 0.311 e. The highest BCUT2D eigenvalue weighted by molar-refractivity contribution is 5.81. The molecular formula is C11H11N3O4. The highest BCUT2D eigenvalue weighted by atomic mass is 16.5. The molecule has 0 fully saturated rings. The molecule has 1 N–H and O–H groups in total. The van der Waals surface area contributed by atoms with Gasteiger partial charge in [0, 0.05) is 4.91 Å². The molecule has 0 radical (unpaired) electrons. The van der Waals surface area contributed by atoms with E-state index in [2.05, 4.69) is 10.0 Å². The first-order valence-electron chi connectivity index (χ1n) is 5.24. The maximum absolute atomic E-state index is 10.9. The van der Waals surface area contributed by atoms with E-state index in [1.807, 2.05) is 0 Å². The van der Waals surface area contributed by atoms with Gasteiger partial charge in [0.05, 0.1) is 13.0 Å². The van der Waals surface area contributed by atoms with Crippen molar-refractivity contribution in [3.8, 4) is 11.5 Å². The van der Waals surface area contributed by atoms with Gasteiger partial charge >= 0.3 is 5.97 Å². The molecule has 0 saturated heterocycles. The molecule has 0 heterocycles. The summed E-state index contributed by atoms with van der Waals surface area (Å²) >= 11 is 0. The highest BCUT2D eigenvalue weighted by Gasteiger charge is 2.33. The summed E-state index contributed by atoms with van der Waals surface area (Å²) in [6.07, 6.45) is 0.479. The fraction of sp³-hybridized carbons (Fsp3) is 0.364. The summed E-state index contributed by atoms with van der Waals surface area (Å²) in [5, 5.41) is 12.2. The largest absolute Gasteiger partial charge is 0.493 e. The van der Waals surface area contributed by atoms with Gasteiger partial charge in [0.1, 0.15) is 0 Å². The fourth-order valence-electron chi connectivity index (χ4n) is 1.93. The van der Waals surface area contributed by atoms with Crippen molar-refractivity contribution in [2.45, 2.75) is 12.3 Å². The summed E-state index contributed by atoms with van der Waals surface area (Å²) < 4.78 is 10.4. The van der Waals surface area contributed by atoms with Gasteiger partial charge in [-0.1, -0.05) is 5.11 Å². The number of methoxy groups -OCH3 is 1. The van der Waals surface area contributed by atoms with E-state index in [9.17, 15) is 4.79 Å². The van der Waals surface area contributed by atoms with Crippen molar-refractivity contribution in [2.24, 2.45) is 5.11 Å². The molecule has 1 aromatic rings. The van der Waals surface area contributed by atoms with E-state index in [1.54, 1.807) is 12.1 Å². The lowest BCUT2D eigenvalue weighted by molar-refractivity contribution is -0.139. The molecule has 0 spiro atoms. The van der Waals surface area contributed by atoms with Crippen molar-refractivity contribution >= 4 is 5.97 Å². The Labute approximate surface area is 103 Å². The number of aliphatic carboxylic acids is 1. The van der Waals surface area contributed by atoms with Crippen LogP contribution >= 0.6 is 0 Å². The molecule has 0 aromatic heterocycles. The number of hydrogen-bond acceptors (Lipinski definition) is 4. The summed E-state index contributed by atoms with van der Waals surface area (Å²) in [6, 6.07) is 3.38. The number of benzene rings is 1. The van der Waals surface area contributed by atoms with Crippen molar-refractivity contribution < 1.29 is 19.4 Å². The third-order valence-corrected chi connectivity index (χ3v) is 2.86. The Balaban J connectivity index is 2.25.